The van der Waals surface area contributed by atoms with E-state index in [1.165, 1.54) is 11.1 Å². The van der Waals surface area contributed by atoms with Crippen LogP contribution in [0.15, 0.2) is 42.0 Å². The maximum atomic E-state index is 12.6. The van der Waals surface area contributed by atoms with E-state index >= 15 is 0 Å². The van der Waals surface area contributed by atoms with Crippen molar-refractivity contribution in [1.82, 2.24) is 0 Å². The molecule has 4 nitrogen and oxygen atoms in total. The normalized spacial score (nSPS) is 44.1. The average Bonchev–Trinajstić information content (AvgIpc) is 3.15. The highest BCUT2D eigenvalue weighted by molar-refractivity contribution is 5.62. The second kappa shape index (κ2) is 7.90. The molecule has 0 unspecified atom stereocenters. The molecule has 32 heavy (non-hydrogen) atoms. The van der Waals surface area contributed by atoms with Crippen molar-refractivity contribution in [2.45, 2.75) is 85.2 Å². The van der Waals surface area contributed by atoms with E-state index in [2.05, 4.69) is 65.0 Å². The highest BCUT2D eigenvalue weighted by Crippen LogP contribution is 2.64. The van der Waals surface area contributed by atoms with Crippen LogP contribution in [0, 0.1) is 34.5 Å². The summed E-state index contributed by atoms with van der Waals surface area (Å²) in [5.41, 5.74) is 2.59. The second-order valence-electron chi connectivity index (χ2n) is 11.8. The minimum Gasteiger partial charge on any atom is -0.430 e. The Hall–Kier alpha value is -1.81. The number of hydrogen-bond acceptors (Lipinski definition) is 4. The lowest BCUT2D eigenvalue weighted by Gasteiger charge is -2.49. The van der Waals surface area contributed by atoms with Crippen LogP contribution in [0.25, 0.3) is 0 Å². The van der Waals surface area contributed by atoms with Crippen LogP contribution >= 0.6 is 0 Å². The Labute approximate surface area is 192 Å². The number of ether oxygens (including phenoxy) is 3. The summed E-state index contributed by atoms with van der Waals surface area (Å²) in [5.74, 6) is 1.49. The Bertz CT molecular complexity index is 890. The van der Waals surface area contributed by atoms with Crippen LogP contribution < -0.4 is 0 Å². The molecule has 3 aliphatic carbocycles. The van der Waals surface area contributed by atoms with Crippen LogP contribution in [0.2, 0.25) is 0 Å². The highest BCUT2D eigenvalue weighted by Gasteiger charge is 2.67. The fourth-order valence-corrected chi connectivity index (χ4v) is 7.80. The van der Waals surface area contributed by atoms with Crippen molar-refractivity contribution in [1.29, 1.82) is 0 Å². The van der Waals surface area contributed by atoms with Gasteiger partial charge in [0.1, 0.15) is 12.2 Å². The monoisotopic (exact) mass is 438 g/mol. The first-order valence-corrected chi connectivity index (χ1v) is 12.4. The number of carbonyl (C=O) groups is 1. The van der Waals surface area contributed by atoms with E-state index in [0.29, 0.717) is 30.3 Å². The minimum atomic E-state index is -0.474. The van der Waals surface area contributed by atoms with Crippen molar-refractivity contribution >= 4 is 6.16 Å². The zero-order chi connectivity index (χ0) is 22.7. The van der Waals surface area contributed by atoms with Gasteiger partial charge >= 0.3 is 6.16 Å². The Kier molecular flexibility index (Phi) is 5.43. The third-order valence-electron chi connectivity index (χ3n) is 9.28. The van der Waals surface area contributed by atoms with Gasteiger partial charge in [0.15, 0.2) is 0 Å². The van der Waals surface area contributed by atoms with Crippen molar-refractivity contribution in [3.05, 3.63) is 47.5 Å². The van der Waals surface area contributed by atoms with Crippen LogP contribution in [0.3, 0.4) is 0 Å². The third-order valence-corrected chi connectivity index (χ3v) is 9.28. The predicted octanol–water partition coefficient (Wildman–Crippen LogP) is 6.54. The Morgan fingerprint density at radius 1 is 1.09 bits per heavy atom. The van der Waals surface area contributed by atoms with Crippen molar-refractivity contribution in [2.24, 2.45) is 34.5 Å². The van der Waals surface area contributed by atoms with E-state index in [4.69, 9.17) is 14.2 Å². The van der Waals surface area contributed by atoms with E-state index in [1.807, 2.05) is 6.07 Å². The SMILES string of the molecule is C/C1=C/C[C@@H]2C(C)(C)C[C@H]3OC(=O)O[C@@H]([C@H]4C[C@@H](C)[C@H](OCc5ccccc5)[C@H]4C1)[C@@]23C. The van der Waals surface area contributed by atoms with Gasteiger partial charge < -0.3 is 14.2 Å². The molecule has 1 heterocycles. The number of rotatable bonds is 3. The number of carbonyl (C=O) groups excluding carboxylic acids is 1. The average molecular weight is 439 g/mol. The molecule has 5 rings (SSSR count). The first-order chi connectivity index (χ1) is 15.2. The lowest BCUT2D eigenvalue weighted by molar-refractivity contribution is -0.173. The number of hydrogen-bond donors (Lipinski definition) is 0. The lowest BCUT2D eigenvalue weighted by Crippen LogP contribution is -2.56. The summed E-state index contributed by atoms with van der Waals surface area (Å²) in [6.07, 6.45) is 5.94. The summed E-state index contributed by atoms with van der Waals surface area (Å²) < 4.78 is 18.6. The molecule has 1 aromatic carbocycles. The van der Waals surface area contributed by atoms with Gasteiger partial charge in [-0.05, 0) is 61.3 Å². The first-order valence-electron chi connectivity index (χ1n) is 12.4. The number of allylic oxidation sites excluding steroid dienone is 2. The molecule has 2 saturated carbocycles. The second-order valence-corrected chi connectivity index (χ2v) is 11.8. The Balaban J connectivity index is 1.50. The van der Waals surface area contributed by atoms with Gasteiger partial charge in [-0.25, -0.2) is 4.79 Å². The zero-order valence-corrected chi connectivity index (χ0v) is 20.2. The topological polar surface area (TPSA) is 44.8 Å². The summed E-state index contributed by atoms with van der Waals surface area (Å²) >= 11 is 0. The van der Waals surface area contributed by atoms with Gasteiger partial charge in [0, 0.05) is 11.3 Å². The van der Waals surface area contributed by atoms with Gasteiger partial charge in [-0.3, -0.25) is 0 Å². The molecule has 1 saturated heterocycles. The number of fused-ring (bicyclic) bond motifs is 2. The molecule has 4 aliphatic rings. The summed E-state index contributed by atoms with van der Waals surface area (Å²) in [5, 5.41) is 0. The van der Waals surface area contributed by atoms with Gasteiger partial charge in [-0.15, -0.1) is 0 Å². The third kappa shape index (κ3) is 3.50. The fraction of sp³-hybridized carbons (Fsp3) is 0.679. The van der Waals surface area contributed by atoms with Gasteiger partial charge in [0.25, 0.3) is 0 Å². The zero-order valence-electron chi connectivity index (χ0n) is 20.2. The molecule has 0 spiro atoms. The molecule has 8 atom stereocenters. The maximum absolute atomic E-state index is 12.6. The lowest BCUT2D eigenvalue weighted by atomic mass is 9.63. The standard InChI is InChI=1S/C28H38O4/c1-17-11-12-22-27(3,4)15-23-28(22,5)25(32-26(29)31-23)21-14-18(2)24(20(21)13-17)30-16-19-9-7-6-8-10-19/h6-11,18,20-25H,12-16H2,1-5H3/b17-11-/t18-,20+,21+,22-,23-,24+,25+,28+/m1/s1. The summed E-state index contributed by atoms with van der Waals surface area (Å²) in [4.78, 5) is 12.6. The largest absolute Gasteiger partial charge is 0.508 e. The summed E-state index contributed by atoms with van der Waals surface area (Å²) in [6.45, 7) is 12.2. The van der Waals surface area contributed by atoms with Gasteiger partial charge in [0.2, 0.25) is 0 Å². The van der Waals surface area contributed by atoms with E-state index in [-0.39, 0.29) is 29.1 Å². The van der Waals surface area contributed by atoms with E-state index in [9.17, 15) is 4.79 Å². The molecule has 1 aliphatic heterocycles. The first kappa shape index (κ1) is 22.0. The molecule has 0 radical (unpaired) electrons. The van der Waals surface area contributed by atoms with Gasteiger partial charge in [-0.1, -0.05) is 69.7 Å². The molecule has 0 bridgehead atoms. The van der Waals surface area contributed by atoms with Crippen LogP contribution in [0.5, 0.6) is 0 Å². The van der Waals surface area contributed by atoms with Crippen molar-refractivity contribution in [2.75, 3.05) is 0 Å². The predicted molar refractivity (Wildman–Crippen MR) is 124 cm³/mol. The van der Waals surface area contributed by atoms with Crippen molar-refractivity contribution in [3.63, 3.8) is 0 Å². The maximum Gasteiger partial charge on any atom is 0.508 e. The molecule has 0 amide bonds. The Morgan fingerprint density at radius 3 is 2.59 bits per heavy atom. The molecule has 0 N–H and O–H groups in total. The van der Waals surface area contributed by atoms with E-state index in [0.717, 1.165) is 25.7 Å². The van der Waals surface area contributed by atoms with Crippen LogP contribution in [-0.2, 0) is 20.8 Å². The van der Waals surface area contributed by atoms with Gasteiger partial charge in [0.05, 0.1) is 12.7 Å². The van der Waals surface area contributed by atoms with Crippen LogP contribution in [-0.4, -0.2) is 24.5 Å². The Morgan fingerprint density at radius 2 is 1.84 bits per heavy atom. The quantitative estimate of drug-likeness (QED) is 0.397. The summed E-state index contributed by atoms with van der Waals surface area (Å²) in [6, 6.07) is 10.4. The molecular formula is C28H38O4. The molecule has 174 valence electrons. The van der Waals surface area contributed by atoms with Gasteiger partial charge in [-0.2, -0.15) is 0 Å². The molecule has 4 heteroatoms. The number of benzene rings is 1. The fourth-order valence-electron chi connectivity index (χ4n) is 7.80. The van der Waals surface area contributed by atoms with Crippen molar-refractivity contribution in [3.8, 4) is 0 Å². The highest BCUT2D eigenvalue weighted by atomic mass is 16.7. The molecular weight excluding hydrogens is 400 g/mol. The smallest absolute Gasteiger partial charge is 0.430 e. The van der Waals surface area contributed by atoms with Crippen LogP contribution in [0.1, 0.15) is 65.9 Å². The van der Waals surface area contributed by atoms with E-state index < -0.39 is 6.16 Å². The van der Waals surface area contributed by atoms with Crippen molar-refractivity contribution < 1.29 is 19.0 Å². The van der Waals surface area contributed by atoms with Crippen LogP contribution in [0.4, 0.5) is 4.79 Å². The molecule has 0 aromatic heterocycles. The molecule has 3 fully saturated rings. The molecule has 1 aromatic rings. The minimum absolute atomic E-state index is 0.0687. The van der Waals surface area contributed by atoms with E-state index in [1.54, 1.807) is 0 Å². The summed E-state index contributed by atoms with van der Waals surface area (Å²) in [7, 11) is 0.